The van der Waals surface area contributed by atoms with Crippen LogP contribution in [0.15, 0.2) is 4.99 Å². The van der Waals surface area contributed by atoms with E-state index in [9.17, 15) is 4.79 Å². The van der Waals surface area contributed by atoms with Crippen molar-refractivity contribution in [3.05, 3.63) is 0 Å². The van der Waals surface area contributed by atoms with E-state index in [1.54, 1.807) is 4.90 Å². The Balaban J connectivity index is 0.00000576. The summed E-state index contributed by atoms with van der Waals surface area (Å²) in [6.07, 6.45) is 1.66. The number of carbonyl (C=O) groups excluding carboxylic acids is 1. The molecular formula is C17H35IN4O3. The predicted octanol–water partition coefficient (Wildman–Crippen LogP) is 2.19. The van der Waals surface area contributed by atoms with Crippen molar-refractivity contribution in [2.24, 2.45) is 10.9 Å². The molecule has 1 rings (SSSR count). The third-order valence-electron chi connectivity index (χ3n) is 3.63. The standard InChI is InChI=1S/C17H34N4O3.HI/c1-6-18-15(19-10-13(2)12-22)20-14-8-7-9-21(11-14)16(23)24-17(3,4)5;/h13-14,22H,6-12H2,1-5H3,(H2,18,19,20);1H. The normalized spacial score (nSPS) is 19.7. The lowest BCUT2D eigenvalue weighted by atomic mass is 10.1. The molecule has 1 fully saturated rings. The second-order valence-electron chi connectivity index (χ2n) is 7.42. The Morgan fingerprint density at radius 2 is 2.12 bits per heavy atom. The first-order valence-electron chi connectivity index (χ1n) is 8.88. The second-order valence-corrected chi connectivity index (χ2v) is 7.42. The third kappa shape index (κ3) is 10.1. The Bertz CT molecular complexity index is 427. The van der Waals surface area contributed by atoms with E-state index in [4.69, 9.17) is 9.84 Å². The molecule has 0 aromatic heterocycles. The SMILES string of the molecule is CCNC(=NCC(C)CO)NC1CCCN(C(=O)OC(C)(C)C)C1.I. The number of ether oxygens (including phenoxy) is 1. The van der Waals surface area contributed by atoms with Crippen LogP contribution in [-0.2, 0) is 4.74 Å². The number of aliphatic hydroxyl groups excluding tert-OH is 1. The number of guanidine groups is 1. The highest BCUT2D eigenvalue weighted by atomic mass is 127. The Morgan fingerprint density at radius 3 is 2.68 bits per heavy atom. The van der Waals surface area contributed by atoms with E-state index in [-0.39, 0.29) is 48.6 Å². The summed E-state index contributed by atoms with van der Waals surface area (Å²) >= 11 is 0. The topological polar surface area (TPSA) is 86.2 Å². The highest BCUT2D eigenvalue weighted by Crippen LogP contribution is 2.15. The van der Waals surface area contributed by atoms with Gasteiger partial charge < -0.3 is 25.4 Å². The molecule has 0 aromatic carbocycles. The average Bonchev–Trinajstić information content (AvgIpc) is 2.51. The number of halogens is 1. The maximum atomic E-state index is 12.2. The lowest BCUT2D eigenvalue weighted by Gasteiger charge is -2.35. The molecule has 2 atom stereocenters. The molecule has 1 saturated heterocycles. The van der Waals surface area contributed by atoms with Crippen LogP contribution in [0.1, 0.15) is 47.5 Å². The number of piperidine rings is 1. The van der Waals surface area contributed by atoms with Crippen molar-refractivity contribution < 1.29 is 14.6 Å². The van der Waals surface area contributed by atoms with E-state index in [2.05, 4.69) is 15.6 Å². The first-order chi connectivity index (χ1) is 11.2. The number of carbonyl (C=O) groups is 1. The zero-order valence-electron chi connectivity index (χ0n) is 16.2. The molecule has 2 unspecified atom stereocenters. The summed E-state index contributed by atoms with van der Waals surface area (Å²) in [5.74, 6) is 0.860. The number of aliphatic imine (C=N–C) groups is 1. The van der Waals surface area contributed by atoms with Gasteiger partial charge in [0.05, 0.1) is 0 Å². The molecule has 0 spiro atoms. The molecule has 1 heterocycles. The minimum atomic E-state index is -0.478. The summed E-state index contributed by atoms with van der Waals surface area (Å²) in [6, 6.07) is 0.147. The zero-order valence-corrected chi connectivity index (χ0v) is 18.5. The van der Waals surface area contributed by atoms with E-state index < -0.39 is 5.60 Å². The van der Waals surface area contributed by atoms with Crippen LogP contribution in [0.4, 0.5) is 4.79 Å². The number of likely N-dealkylation sites (tertiary alicyclic amines) is 1. The van der Waals surface area contributed by atoms with Crippen molar-refractivity contribution in [2.75, 3.05) is 32.8 Å². The Hall–Kier alpha value is -0.770. The van der Waals surface area contributed by atoms with Crippen LogP contribution in [0.25, 0.3) is 0 Å². The number of hydrogen-bond acceptors (Lipinski definition) is 4. The highest BCUT2D eigenvalue weighted by Gasteiger charge is 2.28. The van der Waals surface area contributed by atoms with E-state index in [0.717, 1.165) is 31.9 Å². The fraction of sp³-hybridized carbons (Fsp3) is 0.882. The van der Waals surface area contributed by atoms with Crippen molar-refractivity contribution in [3.63, 3.8) is 0 Å². The van der Waals surface area contributed by atoms with Gasteiger partial charge in [0.1, 0.15) is 5.60 Å². The quantitative estimate of drug-likeness (QED) is 0.326. The van der Waals surface area contributed by atoms with Crippen LogP contribution in [0.2, 0.25) is 0 Å². The summed E-state index contributed by atoms with van der Waals surface area (Å²) in [7, 11) is 0. The van der Waals surface area contributed by atoms with Gasteiger partial charge in [-0.1, -0.05) is 6.92 Å². The van der Waals surface area contributed by atoms with Gasteiger partial charge in [0.25, 0.3) is 0 Å². The molecule has 8 heteroatoms. The Kier molecular flexibility index (Phi) is 11.4. The highest BCUT2D eigenvalue weighted by molar-refractivity contribution is 14.0. The van der Waals surface area contributed by atoms with Gasteiger partial charge in [-0.2, -0.15) is 0 Å². The van der Waals surface area contributed by atoms with Crippen LogP contribution in [0, 0.1) is 5.92 Å². The van der Waals surface area contributed by atoms with Crippen LogP contribution in [-0.4, -0.2) is 66.5 Å². The van der Waals surface area contributed by atoms with Crippen molar-refractivity contribution >= 4 is 36.0 Å². The summed E-state index contributed by atoms with van der Waals surface area (Å²) in [6.45, 7) is 12.4. The zero-order chi connectivity index (χ0) is 18.2. The Labute approximate surface area is 169 Å². The van der Waals surface area contributed by atoms with Crippen molar-refractivity contribution in [3.8, 4) is 0 Å². The molecular weight excluding hydrogens is 435 g/mol. The van der Waals surface area contributed by atoms with E-state index >= 15 is 0 Å². The molecule has 0 saturated carbocycles. The molecule has 1 aliphatic rings. The molecule has 1 aliphatic heterocycles. The largest absolute Gasteiger partial charge is 0.444 e. The van der Waals surface area contributed by atoms with Crippen molar-refractivity contribution in [1.82, 2.24) is 15.5 Å². The maximum absolute atomic E-state index is 12.2. The smallest absolute Gasteiger partial charge is 0.410 e. The summed E-state index contributed by atoms with van der Waals surface area (Å²) < 4.78 is 5.46. The van der Waals surface area contributed by atoms with E-state index in [1.165, 1.54) is 0 Å². The third-order valence-corrected chi connectivity index (χ3v) is 3.63. The molecule has 0 aromatic rings. The first kappa shape index (κ1) is 24.2. The molecule has 0 bridgehead atoms. The molecule has 7 nitrogen and oxygen atoms in total. The van der Waals surface area contributed by atoms with E-state index in [1.807, 2.05) is 34.6 Å². The fourth-order valence-electron chi connectivity index (χ4n) is 2.41. The van der Waals surface area contributed by atoms with Gasteiger partial charge in [-0.3, -0.25) is 4.99 Å². The number of nitrogens with one attached hydrogen (secondary N) is 2. The van der Waals surface area contributed by atoms with Gasteiger partial charge in [0, 0.05) is 38.8 Å². The number of nitrogens with zero attached hydrogens (tertiary/aromatic N) is 2. The number of amides is 1. The molecule has 1 amide bonds. The first-order valence-corrected chi connectivity index (χ1v) is 8.88. The minimum absolute atomic E-state index is 0. The van der Waals surface area contributed by atoms with Crippen LogP contribution >= 0.6 is 24.0 Å². The van der Waals surface area contributed by atoms with Gasteiger partial charge in [-0.15, -0.1) is 24.0 Å². The maximum Gasteiger partial charge on any atom is 0.410 e. The van der Waals surface area contributed by atoms with Crippen molar-refractivity contribution in [1.29, 1.82) is 0 Å². The van der Waals surface area contributed by atoms with Gasteiger partial charge in [0.2, 0.25) is 0 Å². The molecule has 25 heavy (non-hydrogen) atoms. The summed E-state index contributed by atoms with van der Waals surface area (Å²) in [5, 5.41) is 15.7. The second kappa shape index (κ2) is 11.8. The van der Waals surface area contributed by atoms with Crippen molar-refractivity contribution in [2.45, 2.75) is 59.1 Å². The van der Waals surface area contributed by atoms with Gasteiger partial charge in [-0.05, 0) is 46.5 Å². The molecule has 3 N–H and O–H groups in total. The monoisotopic (exact) mass is 470 g/mol. The molecule has 148 valence electrons. The Morgan fingerprint density at radius 1 is 1.44 bits per heavy atom. The summed E-state index contributed by atoms with van der Waals surface area (Å²) in [5.41, 5.74) is -0.478. The number of aliphatic hydroxyl groups is 1. The number of rotatable bonds is 5. The lowest BCUT2D eigenvalue weighted by molar-refractivity contribution is 0.0193. The van der Waals surface area contributed by atoms with Crippen LogP contribution < -0.4 is 10.6 Å². The van der Waals surface area contributed by atoms with E-state index in [0.29, 0.717) is 13.1 Å². The van der Waals surface area contributed by atoms with Gasteiger partial charge in [-0.25, -0.2) is 4.79 Å². The lowest BCUT2D eigenvalue weighted by Crippen LogP contribution is -2.53. The van der Waals surface area contributed by atoms with Gasteiger partial charge >= 0.3 is 6.09 Å². The van der Waals surface area contributed by atoms with Crippen LogP contribution in [0.3, 0.4) is 0 Å². The fourth-order valence-corrected chi connectivity index (χ4v) is 2.41. The predicted molar refractivity (Wildman–Crippen MR) is 112 cm³/mol. The average molecular weight is 470 g/mol. The molecule has 0 aliphatic carbocycles. The van der Waals surface area contributed by atoms with Gasteiger partial charge in [0.15, 0.2) is 5.96 Å². The van der Waals surface area contributed by atoms with Crippen LogP contribution in [0.5, 0.6) is 0 Å². The summed E-state index contributed by atoms with van der Waals surface area (Å²) in [4.78, 5) is 18.5. The number of hydrogen-bond donors (Lipinski definition) is 3. The molecule has 0 radical (unpaired) electrons. The minimum Gasteiger partial charge on any atom is -0.444 e.